The number of hydrogen-bond acceptors (Lipinski definition) is 3. The minimum atomic E-state index is 0.124. The maximum Gasteiger partial charge on any atom is 0.223 e. The van der Waals surface area contributed by atoms with E-state index in [1.54, 1.807) is 11.9 Å². The van der Waals surface area contributed by atoms with Crippen molar-refractivity contribution in [3.8, 4) is 6.07 Å². The molecule has 4 heteroatoms. The number of carbonyl (C=O) groups is 1. The molecule has 0 N–H and O–H groups in total. The van der Waals surface area contributed by atoms with Crippen LogP contribution in [0, 0.1) is 11.3 Å². The largest absolute Gasteiger partial charge is 0.345 e. The van der Waals surface area contributed by atoms with Crippen LogP contribution >= 0.6 is 0 Å². The molecule has 1 aliphatic heterocycles. The Balaban J connectivity index is 1.79. The summed E-state index contributed by atoms with van der Waals surface area (Å²) in [4.78, 5) is 15.9. The second-order valence-electron chi connectivity index (χ2n) is 5.27. The fourth-order valence-electron chi connectivity index (χ4n) is 2.53. The van der Waals surface area contributed by atoms with Crippen molar-refractivity contribution in [3.63, 3.8) is 0 Å². The lowest BCUT2D eigenvalue weighted by Crippen LogP contribution is -2.35. The summed E-state index contributed by atoms with van der Waals surface area (Å²) in [5.41, 5.74) is 2.81. The molecule has 4 nitrogen and oxygen atoms in total. The van der Waals surface area contributed by atoms with Crippen LogP contribution in [0.1, 0.15) is 24.0 Å². The number of amides is 1. The van der Waals surface area contributed by atoms with Crippen molar-refractivity contribution in [2.75, 3.05) is 26.7 Å². The van der Waals surface area contributed by atoms with Crippen LogP contribution in [0.25, 0.3) is 0 Å². The number of hydrogen-bond donors (Lipinski definition) is 0. The molecular formula is C16H21N3O. The normalized spacial score (nSPS) is 14.4. The summed E-state index contributed by atoms with van der Waals surface area (Å²) in [6.07, 6.45) is 2.00. The zero-order chi connectivity index (χ0) is 14.4. The number of fused-ring (bicyclic) bond motifs is 1. The Labute approximate surface area is 120 Å². The lowest BCUT2D eigenvalue weighted by molar-refractivity contribution is -0.130. The van der Waals surface area contributed by atoms with Gasteiger partial charge < -0.3 is 4.90 Å². The maximum atomic E-state index is 11.9. The van der Waals surface area contributed by atoms with Crippen molar-refractivity contribution in [1.29, 1.82) is 5.26 Å². The van der Waals surface area contributed by atoms with Crippen molar-refractivity contribution in [1.82, 2.24) is 9.80 Å². The summed E-state index contributed by atoms with van der Waals surface area (Å²) in [6.45, 7) is 3.28. The van der Waals surface area contributed by atoms with Gasteiger partial charge in [0.1, 0.15) is 0 Å². The summed E-state index contributed by atoms with van der Waals surface area (Å²) in [7, 11) is 1.77. The quantitative estimate of drug-likeness (QED) is 0.820. The highest BCUT2D eigenvalue weighted by Gasteiger charge is 2.17. The molecule has 0 bridgehead atoms. The van der Waals surface area contributed by atoms with E-state index in [0.29, 0.717) is 19.4 Å². The van der Waals surface area contributed by atoms with Gasteiger partial charge in [-0.1, -0.05) is 24.3 Å². The average molecular weight is 271 g/mol. The first kappa shape index (κ1) is 14.5. The van der Waals surface area contributed by atoms with E-state index in [2.05, 4.69) is 35.2 Å². The molecule has 0 atom stereocenters. The molecule has 0 spiro atoms. The van der Waals surface area contributed by atoms with Gasteiger partial charge in [0.2, 0.25) is 5.91 Å². The highest BCUT2D eigenvalue weighted by Crippen LogP contribution is 2.18. The van der Waals surface area contributed by atoms with Gasteiger partial charge in [-0.3, -0.25) is 9.69 Å². The van der Waals surface area contributed by atoms with Crippen molar-refractivity contribution in [2.24, 2.45) is 0 Å². The Morgan fingerprint density at radius 2 is 2.15 bits per heavy atom. The summed E-state index contributed by atoms with van der Waals surface area (Å²) in [5.74, 6) is 0.124. The second-order valence-corrected chi connectivity index (χ2v) is 5.27. The van der Waals surface area contributed by atoms with Crippen LogP contribution in [0.15, 0.2) is 24.3 Å². The Kier molecular flexibility index (Phi) is 5.14. The maximum absolute atomic E-state index is 11.9. The van der Waals surface area contributed by atoms with Gasteiger partial charge in [0.05, 0.1) is 12.5 Å². The van der Waals surface area contributed by atoms with E-state index in [1.807, 2.05) is 0 Å². The molecule has 20 heavy (non-hydrogen) atoms. The van der Waals surface area contributed by atoms with Crippen LogP contribution in [-0.2, 0) is 17.8 Å². The van der Waals surface area contributed by atoms with Gasteiger partial charge in [0, 0.05) is 39.6 Å². The fourth-order valence-corrected chi connectivity index (χ4v) is 2.53. The van der Waals surface area contributed by atoms with Gasteiger partial charge in [0.25, 0.3) is 0 Å². The summed E-state index contributed by atoms with van der Waals surface area (Å²) in [5, 5.41) is 8.53. The van der Waals surface area contributed by atoms with Crippen LogP contribution in [0.5, 0.6) is 0 Å². The Morgan fingerprint density at radius 3 is 2.90 bits per heavy atom. The van der Waals surface area contributed by atoms with Crippen LogP contribution in [0.4, 0.5) is 0 Å². The van der Waals surface area contributed by atoms with Crippen molar-refractivity contribution in [3.05, 3.63) is 35.4 Å². The molecule has 1 aromatic carbocycles. The van der Waals surface area contributed by atoms with Crippen LogP contribution < -0.4 is 0 Å². The molecule has 1 aromatic rings. The highest BCUT2D eigenvalue weighted by molar-refractivity contribution is 5.76. The van der Waals surface area contributed by atoms with E-state index in [9.17, 15) is 4.79 Å². The number of nitrogens with zero attached hydrogens (tertiary/aromatic N) is 3. The van der Waals surface area contributed by atoms with Gasteiger partial charge in [-0.2, -0.15) is 5.26 Å². The standard InChI is InChI=1S/C16H21N3O/c1-18(10-4-9-17)16(20)8-12-19-11-7-14-5-2-3-6-15(14)13-19/h2-3,5-6H,4,7-8,10-13H2,1H3. The van der Waals surface area contributed by atoms with E-state index in [-0.39, 0.29) is 5.91 Å². The lowest BCUT2D eigenvalue weighted by atomic mass is 10.00. The Bertz CT molecular complexity index is 507. The highest BCUT2D eigenvalue weighted by atomic mass is 16.2. The van der Waals surface area contributed by atoms with E-state index in [0.717, 1.165) is 26.1 Å². The zero-order valence-electron chi connectivity index (χ0n) is 12.0. The van der Waals surface area contributed by atoms with E-state index < -0.39 is 0 Å². The monoisotopic (exact) mass is 271 g/mol. The van der Waals surface area contributed by atoms with Gasteiger partial charge in [-0.15, -0.1) is 0 Å². The van der Waals surface area contributed by atoms with E-state index in [1.165, 1.54) is 11.1 Å². The number of rotatable bonds is 5. The summed E-state index contributed by atoms with van der Waals surface area (Å²) in [6, 6.07) is 10.6. The predicted molar refractivity (Wildman–Crippen MR) is 77.9 cm³/mol. The number of benzene rings is 1. The molecule has 0 unspecified atom stereocenters. The third-order valence-corrected chi connectivity index (χ3v) is 3.84. The Morgan fingerprint density at radius 1 is 1.40 bits per heavy atom. The van der Waals surface area contributed by atoms with Crippen LogP contribution in [0.2, 0.25) is 0 Å². The van der Waals surface area contributed by atoms with Crippen molar-refractivity contribution >= 4 is 5.91 Å². The zero-order valence-corrected chi connectivity index (χ0v) is 12.0. The Hall–Kier alpha value is -1.86. The SMILES string of the molecule is CN(CCC#N)C(=O)CCN1CCc2ccccc2C1. The molecule has 1 aliphatic rings. The number of carbonyl (C=O) groups excluding carboxylic acids is 1. The molecule has 1 amide bonds. The first-order valence-corrected chi connectivity index (χ1v) is 7.11. The van der Waals surface area contributed by atoms with E-state index in [4.69, 9.17) is 5.26 Å². The van der Waals surface area contributed by atoms with Crippen molar-refractivity contribution in [2.45, 2.75) is 25.8 Å². The molecule has 106 valence electrons. The third kappa shape index (κ3) is 3.82. The molecular weight excluding hydrogens is 250 g/mol. The first-order chi connectivity index (χ1) is 9.70. The molecule has 0 aliphatic carbocycles. The average Bonchev–Trinajstić information content (AvgIpc) is 2.50. The second kappa shape index (κ2) is 7.06. The van der Waals surface area contributed by atoms with Gasteiger partial charge >= 0.3 is 0 Å². The topological polar surface area (TPSA) is 47.3 Å². The van der Waals surface area contributed by atoms with Gasteiger partial charge in [-0.05, 0) is 17.5 Å². The molecule has 2 rings (SSSR count). The fraction of sp³-hybridized carbons (Fsp3) is 0.500. The molecule has 0 saturated heterocycles. The molecule has 0 radical (unpaired) electrons. The first-order valence-electron chi connectivity index (χ1n) is 7.11. The molecule has 0 aromatic heterocycles. The third-order valence-electron chi connectivity index (χ3n) is 3.84. The number of nitriles is 1. The molecule has 1 heterocycles. The smallest absolute Gasteiger partial charge is 0.223 e. The summed E-state index contributed by atoms with van der Waals surface area (Å²) < 4.78 is 0. The van der Waals surface area contributed by atoms with Gasteiger partial charge in [0.15, 0.2) is 0 Å². The lowest BCUT2D eigenvalue weighted by Gasteiger charge is -2.29. The molecule has 0 fully saturated rings. The minimum absolute atomic E-state index is 0.124. The molecule has 0 saturated carbocycles. The van der Waals surface area contributed by atoms with E-state index >= 15 is 0 Å². The van der Waals surface area contributed by atoms with Crippen LogP contribution in [-0.4, -0.2) is 42.4 Å². The van der Waals surface area contributed by atoms with Crippen molar-refractivity contribution < 1.29 is 4.79 Å². The van der Waals surface area contributed by atoms with Crippen LogP contribution in [0.3, 0.4) is 0 Å². The minimum Gasteiger partial charge on any atom is -0.345 e. The van der Waals surface area contributed by atoms with Gasteiger partial charge in [-0.25, -0.2) is 0 Å². The summed E-state index contributed by atoms with van der Waals surface area (Å²) >= 11 is 0. The predicted octanol–water partition coefficient (Wildman–Crippen LogP) is 1.81.